The molecule has 0 amide bonds. The number of methoxy groups -OCH3 is 1. The molecule has 0 heterocycles. The molecule has 0 atom stereocenters. The number of rotatable bonds is 9. The number of benzene rings is 3. The predicted molar refractivity (Wildman–Crippen MR) is 122 cm³/mol. The smallest absolute Gasteiger partial charge is 0.311 e. The Morgan fingerprint density at radius 3 is 1.53 bits per heavy atom. The largest absolute Gasteiger partial charge is 0.469 e. The minimum Gasteiger partial charge on any atom is -0.469 e. The molecule has 156 valence electrons. The Morgan fingerprint density at radius 1 is 0.767 bits per heavy atom. The van der Waals surface area contributed by atoms with Gasteiger partial charge in [-0.25, -0.2) is 0 Å². The van der Waals surface area contributed by atoms with Gasteiger partial charge in [-0.15, -0.1) is 0 Å². The number of hydrogen-bond donors (Lipinski definition) is 1. The summed E-state index contributed by atoms with van der Waals surface area (Å²) >= 11 is 0. The van der Waals surface area contributed by atoms with Crippen molar-refractivity contribution in [1.82, 2.24) is 5.32 Å². The van der Waals surface area contributed by atoms with E-state index in [1.165, 1.54) is 23.8 Å². The van der Waals surface area contributed by atoms with Crippen molar-refractivity contribution in [2.45, 2.75) is 32.2 Å². The number of ether oxygens (including phenoxy) is 1. The van der Waals surface area contributed by atoms with Gasteiger partial charge < -0.3 is 4.74 Å². The van der Waals surface area contributed by atoms with Gasteiger partial charge in [0.25, 0.3) is 0 Å². The van der Waals surface area contributed by atoms with Crippen LogP contribution in [0.15, 0.2) is 91.0 Å². The molecule has 0 saturated heterocycles. The van der Waals surface area contributed by atoms with Gasteiger partial charge in [-0.2, -0.15) is 0 Å². The summed E-state index contributed by atoms with van der Waals surface area (Å²) in [7, 11) is 1.45. The molecule has 3 nitrogen and oxygen atoms in total. The zero-order chi connectivity index (χ0) is 21.5. The second kappa shape index (κ2) is 9.73. The highest BCUT2D eigenvalue weighted by Crippen LogP contribution is 2.37. The molecular weight excluding hydrogens is 370 g/mol. The molecule has 0 saturated carbocycles. The number of nitrogens with one attached hydrogen (secondary N) is 1. The third-order valence-corrected chi connectivity index (χ3v) is 5.73. The van der Waals surface area contributed by atoms with Gasteiger partial charge in [0.2, 0.25) is 0 Å². The normalized spacial score (nSPS) is 11.8. The number of esters is 1. The molecule has 3 rings (SSSR count). The second-order valence-electron chi connectivity index (χ2n) is 8.25. The van der Waals surface area contributed by atoms with E-state index in [-0.39, 0.29) is 5.97 Å². The van der Waals surface area contributed by atoms with Gasteiger partial charge >= 0.3 is 5.97 Å². The maximum absolute atomic E-state index is 12.0. The molecule has 30 heavy (non-hydrogen) atoms. The summed E-state index contributed by atoms with van der Waals surface area (Å²) in [4.78, 5) is 12.0. The van der Waals surface area contributed by atoms with Crippen molar-refractivity contribution in [2.24, 2.45) is 5.41 Å². The standard InChI is InChI=1S/C27H31NO2/c1-26(2,25(29)30-3)20-13-21-28-27(22-14-7-4-8-15-22,23-16-9-5-10-17-23)24-18-11-6-12-19-24/h4-12,14-19,28H,13,20-21H2,1-3H3. The fourth-order valence-corrected chi connectivity index (χ4v) is 4.06. The van der Waals surface area contributed by atoms with Crippen LogP contribution in [0, 0.1) is 5.41 Å². The van der Waals surface area contributed by atoms with Crippen LogP contribution in [0.3, 0.4) is 0 Å². The van der Waals surface area contributed by atoms with E-state index in [2.05, 4.69) is 78.1 Å². The van der Waals surface area contributed by atoms with E-state index in [0.29, 0.717) is 0 Å². The van der Waals surface area contributed by atoms with Gasteiger partial charge in [-0.05, 0) is 49.9 Å². The first-order chi connectivity index (χ1) is 14.5. The third kappa shape index (κ3) is 4.63. The Balaban J connectivity index is 1.97. The van der Waals surface area contributed by atoms with Gasteiger partial charge in [-0.3, -0.25) is 10.1 Å². The van der Waals surface area contributed by atoms with Crippen molar-refractivity contribution >= 4 is 5.97 Å². The van der Waals surface area contributed by atoms with E-state index in [0.717, 1.165) is 19.4 Å². The van der Waals surface area contributed by atoms with Crippen molar-refractivity contribution in [1.29, 1.82) is 0 Å². The molecule has 0 aliphatic heterocycles. The molecule has 1 N–H and O–H groups in total. The zero-order valence-electron chi connectivity index (χ0n) is 18.1. The summed E-state index contributed by atoms with van der Waals surface area (Å²) in [5.74, 6) is -0.164. The Hall–Kier alpha value is -2.91. The van der Waals surface area contributed by atoms with Crippen LogP contribution in [0.2, 0.25) is 0 Å². The maximum atomic E-state index is 12.0. The lowest BCUT2D eigenvalue weighted by Crippen LogP contribution is -2.45. The Labute approximate surface area is 180 Å². The molecule has 0 fully saturated rings. The van der Waals surface area contributed by atoms with Gasteiger partial charge in [0, 0.05) is 0 Å². The van der Waals surface area contributed by atoms with Gasteiger partial charge in [0.05, 0.1) is 18.1 Å². The fourth-order valence-electron chi connectivity index (χ4n) is 4.06. The third-order valence-electron chi connectivity index (χ3n) is 5.73. The summed E-state index contributed by atoms with van der Waals surface area (Å²) < 4.78 is 4.96. The van der Waals surface area contributed by atoms with Crippen LogP contribution >= 0.6 is 0 Å². The Kier molecular flexibility index (Phi) is 7.07. The molecule has 0 unspecified atom stereocenters. The van der Waals surface area contributed by atoms with Crippen molar-refractivity contribution in [3.8, 4) is 0 Å². The SMILES string of the molecule is COC(=O)C(C)(C)CCCNC(c1ccccc1)(c1ccccc1)c1ccccc1. The molecule has 0 aliphatic rings. The van der Waals surface area contributed by atoms with Crippen LogP contribution in [-0.4, -0.2) is 19.6 Å². The van der Waals surface area contributed by atoms with Crippen molar-refractivity contribution in [3.05, 3.63) is 108 Å². The molecule has 0 aliphatic carbocycles. The van der Waals surface area contributed by atoms with Gasteiger partial charge in [0.1, 0.15) is 0 Å². The fraction of sp³-hybridized carbons (Fsp3) is 0.296. The highest BCUT2D eigenvalue weighted by atomic mass is 16.5. The Bertz CT molecular complexity index is 824. The van der Waals surface area contributed by atoms with E-state index in [9.17, 15) is 4.79 Å². The zero-order valence-corrected chi connectivity index (χ0v) is 18.1. The number of carbonyl (C=O) groups excluding carboxylic acids is 1. The van der Waals surface area contributed by atoms with Crippen molar-refractivity contribution < 1.29 is 9.53 Å². The number of carbonyl (C=O) groups is 1. The summed E-state index contributed by atoms with van der Waals surface area (Å²) in [6.45, 7) is 4.65. The average Bonchev–Trinajstić information content (AvgIpc) is 2.80. The van der Waals surface area contributed by atoms with E-state index >= 15 is 0 Å². The highest BCUT2D eigenvalue weighted by molar-refractivity contribution is 5.75. The first-order valence-electron chi connectivity index (χ1n) is 10.5. The highest BCUT2D eigenvalue weighted by Gasteiger charge is 2.36. The van der Waals surface area contributed by atoms with Crippen LogP contribution in [-0.2, 0) is 15.1 Å². The monoisotopic (exact) mass is 401 g/mol. The average molecular weight is 402 g/mol. The lowest BCUT2D eigenvalue weighted by Gasteiger charge is -2.37. The lowest BCUT2D eigenvalue weighted by atomic mass is 9.76. The van der Waals surface area contributed by atoms with E-state index in [1.54, 1.807) is 0 Å². The summed E-state index contributed by atoms with van der Waals surface area (Å²) in [6.07, 6.45) is 1.61. The molecule has 3 heteroatoms. The molecule has 0 aromatic heterocycles. The second-order valence-corrected chi connectivity index (χ2v) is 8.25. The quantitative estimate of drug-likeness (QED) is 0.290. The first-order valence-corrected chi connectivity index (χ1v) is 10.5. The van der Waals surface area contributed by atoms with Crippen LogP contribution in [0.25, 0.3) is 0 Å². The Morgan fingerprint density at radius 2 is 1.17 bits per heavy atom. The van der Waals surface area contributed by atoms with E-state index in [1.807, 2.05) is 32.0 Å². The van der Waals surface area contributed by atoms with Crippen molar-refractivity contribution in [3.63, 3.8) is 0 Å². The van der Waals surface area contributed by atoms with Crippen LogP contribution in [0.4, 0.5) is 0 Å². The number of hydrogen-bond acceptors (Lipinski definition) is 3. The molecule has 0 radical (unpaired) electrons. The molecular formula is C27H31NO2. The maximum Gasteiger partial charge on any atom is 0.311 e. The molecule has 0 bridgehead atoms. The summed E-state index contributed by atoms with van der Waals surface area (Å²) in [6, 6.07) is 31.7. The summed E-state index contributed by atoms with van der Waals surface area (Å²) in [5.41, 5.74) is 2.60. The minimum atomic E-state index is -0.495. The van der Waals surface area contributed by atoms with Crippen LogP contribution < -0.4 is 5.32 Å². The molecule has 3 aromatic carbocycles. The van der Waals surface area contributed by atoms with Crippen molar-refractivity contribution in [2.75, 3.05) is 13.7 Å². The molecule has 3 aromatic rings. The van der Waals surface area contributed by atoms with Gasteiger partial charge in [-0.1, -0.05) is 91.0 Å². The minimum absolute atomic E-state index is 0.164. The van der Waals surface area contributed by atoms with Crippen LogP contribution in [0.5, 0.6) is 0 Å². The summed E-state index contributed by atoms with van der Waals surface area (Å²) in [5, 5.41) is 3.86. The lowest BCUT2D eigenvalue weighted by molar-refractivity contribution is -0.151. The predicted octanol–water partition coefficient (Wildman–Crippen LogP) is 5.55. The van der Waals surface area contributed by atoms with Gasteiger partial charge in [0.15, 0.2) is 0 Å². The van der Waals surface area contributed by atoms with E-state index < -0.39 is 11.0 Å². The van der Waals surface area contributed by atoms with Crippen LogP contribution in [0.1, 0.15) is 43.4 Å². The topological polar surface area (TPSA) is 38.3 Å². The first kappa shape index (κ1) is 21.8. The van der Waals surface area contributed by atoms with E-state index in [4.69, 9.17) is 4.74 Å². The molecule has 0 spiro atoms.